The molecule has 0 amide bonds. The molecule has 0 saturated carbocycles. The highest BCUT2D eigenvalue weighted by molar-refractivity contribution is 5.54. The average Bonchev–Trinajstić information content (AvgIpc) is 2.68. The number of fused-ring (bicyclic) bond motifs is 2. The van der Waals surface area contributed by atoms with Crippen molar-refractivity contribution in [1.29, 1.82) is 0 Å². The predicted octanol–water partition coefficient (Wildman–Crippen LogP) is 1.25. The second-order valence-electron chi connectivity index (χ2n) is 4.97. The van der Waals surface area contributed by atoms with E-state index in [2.05, 4.69) is 16.0 Å². The van der Waals surface area contributed by atoms with Gasteiger partial charge < -0.3 is 14.7 Å². The molecule has 3 heterocycles. The van der Waals surface area contributed by atoms with E-state index in [9.17, 15) is 5.11 Å². The van der Waals surface area contributed by atoms with Crippen molar-refractivity contribution in [1.82, 2.24) is 4.98 Å². The van der Waals surface area contributed by atoms with E-state index in [4.69, 9.17) is 4.74 Å². The van der Waals surface area contributed by atoms with E-state index in [1.54, 1.807) is 6.20 Å². The summed E-state index contributed by atoms with van der Waals surface area (Å²) in [5, 5.41) is 9.39. The molecule has 0 spiro atoms. The standard InChI is InChI=1S/C13H18N2O2/c1-9-4-13(10(8-16)5-14-9)15-6-11-2-3-12(7-15)17-11/h4-5,11-12,16H,2-3,6-8H2,1H3. The molecule has 2 aliphatic heterocycles. The molecule has 4 nitrogen and oxygen atoms in total. The number of rotatable bonds is 2. The Morgan fingerprint density at radius 1 is 1.41 bits per heavy atom. The van der Waals surface area contributed by atoms with Crippen molar-refractivity contribution in [2.75, 3.05) is 18.0 Å². The molecular formula is C13H18N2O2. The molecule has 92 valence electrons. The molecule has 17 heavy (non-hydrogen) atoms. The van der Waals surface area contributed by atoms with Gasteiger partial charge in [0.25, 0.3) is 0 Å². The lowest BCUT2D eigenvalue weighted by Crippen LogP contribution is -2.43. The van der Waals surface area contributed by atoms with Gasteiger partial charge in [-0.2, -0.15) is 0 Å². The third kappa shape index (κ3) is 2.03. The van der Waals surface area contributed by atoms with E-state index in [1.807, 2.05) is 6.92 Å². The van der Waals surface area contributed by atoms with Crippen LogP contribution in [0.4, 0.5) is 5.69 Å². The van der Waals surface area contributed by atoms with Gasteiger partial charge in [-0.25, -0.2) is 0 Å². The molecule has 4 heteroatoms. The highest BCUT2D eigenvalue weighted by Gasteiger charge is 2.34. The Morgan fingerprint density at radius 2 is 2.12 bits per heavy atom. The van der Waals surface area contributed by atoms with Crippen molar-refractivity contribution in [2.24, 2.45) is 0 Å². The maximum absolute atomic E-state index is 9.39. The molecule has 3 rings (SSSR count). The molecule has 2 bridgehead atoms. The van der Waals surface area contributed by atoms with E-state index in [0.717, 1.165) is 30.0 Å². The first-order valence-corrected chi connectivity index (χ1v) is 6.23. The fourth-order valence-electron chi connectivity index (χ4n) is 2.80. The van der Waals surface area contributed by atoms with Crippen molar-refractivity contribution in [3.8, 4) is 0 Å². The molecule has 1 aromatic heterocycles. The molecule has 2 unspecified atom stereocenters. The predicted molar refractivity (Wildman–Crippen MR) is 65.0 cm³/mol. The number of hydrogen-bond acceptors (Lipinski definition) is 4. The molecule has 0 aliphatic carbocycles. The van der Waals surface area contributed by atoms with Gasteiger partial charge in [0.1, 0.15) is 0 Å². The summed E-state index contributed by atoms with van der Waals surface area (Å²) in [7, 11) is 0. The van der Waals surface area contributed by atoms with Crippen molar-refractivity contribution >= 4 is 5.69 Å². The van der Waals surface area contributed by atoms with Gasteiger partial charge in [0.2, 0.25) is 0 Å². The lowest BCUT2D eigenvalue weighted by atomic mass is 10.1. The van der Waals surface area contributed by atoms with E-state index >= 15 is 0 Å². The molecule has 1 N–H and O–H groups in total. The summed E-state index contributed by atoms with van der Waals surface area (Å²) in [6, 6.07) is 2.07. The van der Waals surface area contributed by atoms with E-state index in [0.29, 0.717) is 12.2 Å². The third-order valence-electron chi connectivity index (χ3n) is 3.65. The summed E-state index contributed by atoms with van der Waals surface area (Å²) in [6.07, 6.45) is 4.85. The molecule has 2 fully saturated rings. The second kappa shape index (κ2) is 4.27. The number of aliphatic hydroxyl groups is 1. The van der Waals surface area contributed by atoms with Gasteiger partial charge in [-0.15, -0.1) is 0 Å². The van der Waals surface area contributed by atoms with Crippen LogP contribution in [0, 0.1) is 6.92 Å². The molecule has 0 radical (unpaired) electrons. The average molecular weight is 234 g/mol. The maximum Gasteiger partial charge on any atom is 0.0755 e. The summed E-state index contributed by atoms with van der Waals surface area (Å²) >= 11 is 0. The van der Waals surface area contributed by atoms with Gasteiger partial charge in [0.05, 0.1) is 18.8 Å². The van der Waals surface area contributed by atoms with Gasteiger partial charge >= 0.3 is 0 Å². The van der Waals surface area contributed by atoms with Gasteiger partial charge in [0.15, 0.2) is 0 Å². The number of hydrogen-bond donors (Lipinski definition) is 1. The lowest BCUT2D eigenvalue weighted by molar-refractivity contribution is 0.0303. The summed E-state index contributed by atoms with van der Waals surface area (Å²) in [5.74, 6) is 0. The first-order valence-electron chi connectivity index (χ1n) is 6.23. The summed E-state index contributed by atoms with van der Waals surface area (Å²) in [5.41, 5.74) is 3.04. The minimum absolute atomic E-state index is 0.0509. The summed E-state index contributed by atoms with van der Waals surface area (Å²) in [6.45, 7) is 3.91. The Morgan fingerprint density at radius 3 is 2.76 bits per heavy atom. The van der Waals surface area contributed by atoms with Crippen molar-refractivity contribution < 1.29 is 9.84 Å². The van der Waals surface area contributed by atoms with Crippen LogP contribution in [0.15, 0.2) is 12.3 Å². The first kappa shape index (κ1) is 11.0. The normalized spacial score (nSPS) is 27.5. The minimum atomic E-state index is 0.0509. The van der Waals surface area contributed by atoms with Crippen LogP contribution in [0.2, 0.25) is 0 Å². The van der Waals surface area contributed by atoms with Crippen molar-refractivity contribution in [2.45, 2.75) is 38.6 Å². The van der Waals surface area contributed by atoms with Gasteiger partial charge in [0, 0.05) is 36.2 Å². The topological polar surface area (TPSA) is 45.6 Å². The summed E-state index contributed by atoms with van der Waals surface area (Å²) < 4.78 is 5.83. The lowest BCUT2D eigenvalue weighted by Gasteiger charge is -2.35. The molecule has 0 aromatic carbocycles. The smallest absolute Gasteiger partial charge is 0.0755 e. The first-order chi connectivity index (χ1) is 8.26. The number of aromatic nitrogens is 1. The number of aryl methyl sites for hydroxylation is 1. The molecule has 2 aliphatic rings. The zero-order valence-electron chi connectivity index (χ0n) is 10.1. The number of morpholine rings is 1. The minimum Gasteiger partial charge on any atom is -0.392 e. The van der Waals surface area contributed by atoms with Crippen LogP contribution < -0.4 is 4.90 Å². The number of ether oxygens (including phenoxy) is 1. The van der Waals surface area contributed by atoms with Crippen LogP contribution in [0.25, 0.3) is 0 Å². The fraction of sp³-hybridized carbons (Fsp3) is 0.615. The van der Waals surface area contributed by atoms with Crippen LogP contribution >= 0.6 is 0 Å². The van der Waals surface area contributed by atoms with E-state index in [-0.39, 0.29) is 6.61 Å². The largest absolute Gasteiger partial charge is 0.392 e. The van der Waals surface area contributed by atoms with Crippen molar-refractivity contribution in [3.63, 3.8) is 0 Å². The van der Waals surface area contributed by atoms with Crippen LogP contribution in [0.5, 0.6) is 0 Å². The zero-order valence-corrected chi connectivity index (χ0v) is 10.1. The number of aliphatic hydroxyl groups excluding tert-OH is 1. The van der Waals surface area contributed by atoms with Gasteiger partial charge in [-0.3, -0.25) is 4.98 Å². The van der Waals surface area contributed by atoms with Gasteiger partial charge in [-0.1, -0.05) is 0 Å². The molecular weight excluding hydrogens is 216 g/mol. The highest BCUT2D eigenvalue weighted by Crippen LogP contribution is 2.31. The zero-order chi connectivity index (χ0) is 11.8. The van der Waals surface area contributed by atoms with Crippen LogP contribution in [-0.2, 0) is 11.3 Å². The van der Waals surface area contributed by atoms with Crippen LogP contribution in [-0.4, -0.2) is 35.4 Å². The maximum atomic E-state index is 9.39. The summed E-state index contributed by atoms with van der Waals surface area (Å²) in [4.78, 5) is 6.58. The van der Waals surface area contributed by atoms with E-state index < -0.39 is 0 Å². The fourth-order valence-corrected chi connectivity index (χ4v) is 2.80. The second-order valence-corrected chi connectivity index (χ2v) is 4.97. The molecule has 2 saturated heterocycles. The number of pyridine rings is 1. The third-order valence-corrected chi connectivity index (χ3v) is 3.65. The molecule has 2 atom stereocenters. The Labute approximate surface area is 101 Å². The Kier molecular flexibility index (Phi) is 2.76. The van der Waals surface area contributed by atoms with Crippen LogP contribution in [0.3, 0.4) is 0 Å². The Balaban J connectivity index is 1.90. The Bertz CT molecular complexity index is 410. The monoisotopic (exact) mass is 234 g/mol. The SMILES string of the molecule is Cc1cc(N2CC3CCC(C2)O3)c(CO)cn1. The van der Waals surface area contributed by atoms with Gasteiger partial charge in [-0.05, 0) is 25.8 Å². The van der Waals surface area contributed by atoms with E-state index in [1.165, 1.54) is 12.8 Å². The number of nitrogens with zero attached hydrogens (tertiary/aromatic N) is 2. The quantitative estimate of drug-likeness (QED) is 0.836. The Hall–Kier alpha value is -1.13. The van der Waals surface area contributed by atoms with Crippen molar-refractivity contribution in [3.05, 3.63) is 23.5 Å². The number of anilines is 1. The molecule has 1 aromatic rings. The highest BCUT2D eigenvalue weighted by atomic mass is 16.5. The van der Waals surface area contributed by atoms with Crippen LogP contribution in [0.1, 0.15) is 24.1 Å².